The summed E-state index contributed by atoms with van der Waals surface area (Å²) in [5.74, 6) is -2.53. The number of nitrogens with one attached hydrogen (secondary N) is 1. The summed E-state index contributed by atoms with van der Waals surface area (Å²) in [6.07, 6.45) is 5.19. The summed E-state index contributed by atoms with van der Waals surface area (Å²) in [7, 11) is 1.39. The number of rotatable bonds is 6. The first-order chi connectivity index (χ1) is 17.3. The Labute approximate surface area is 204 Å². The molecule has 2 fully saturated rings. The van der Waals surface area contributed by atoms with E-state index in [1.54, 1.807) is 4.90 Å². The van der Waals surface area contributed by atoms with E-state index in [9.17, 15) is 8.78 Å². The molecule has 2 saturated heterocycles. The van der Waals surface area contributed by atoms with Crippen LogP contribution < -0.4 is 14.8 Å². The molecular formula is C25H22F4N4O3. The second-order valence-corrected chi connectivity index (χ2v) is 8.61. The molecule has 1 atom stereocenters. The molecule has 36 heavy (non-hydrogen) atoms. The monoisotopic (exact) mass is 502 g/mol. The summed E-state index contributed by atoms with van der Waals surface area (Å²) in [5.41, 5.74) is -0.240. The van der Waals surface area contributed by atoms with Gasteiger partial charge in [-0.3, -0.25) is 4.90 Å². The number of aromatic nitrogens is 2. The predicted octanol–water partition coefficient (Wildman–Crippen LogP) is 4.13. The highest BCUT2D eigenvalue weighted by molar-refractivity contribution is 5.93. The van der Waals surface area contributed by atoms with Gasteiger partial charge in [-0.15, -0.1) is 6.42 Å². The third-order valence-electron chi connectivity index (χ3n) is 6.38. The number of ether oxygens (including phenoxy) is 3. The topological polar surface area (TPSA) is 68.7 Å². The van der Waals surface area contributed by atoms with Crippen molar-refractivity contribution >= 4 is 22.4 Å². The van der Waals surface area contributed by atoms with Gasteiger partial charge in [0, 0.05) is 24.4 Å². The largest absolute Gasteiger partial charge is 0.493 e. The first kappa shape index (κ1) is 24.1. The molecule has 1 aromatic heterocycles. The number of hydrogen-bond donors (Lipinski definition) is 1. The van der Waals surface area contributed by atoms with Crippen LogP contribution >= 0.6 is 0 Å². The van der Waals surface area contributed by atoms with Crippen molar-refractivity contribution in [3.05, 3.63) is 47.8 Å². The molecule has 5 rings (SSSR count). The number of benzene rings is 2. The third-order valence-corrected chi connectivity index (χ3v) is 6.38. The van der Waals surface area contributed by atoms with Crippen molar-refractivity contribution in [3.63, 3.8) is 0 Å². The zero-order chi connectivity index (χ0) is 25.4. The highest BCUT2D eigenvalue weighted by atomic mass is 19.3. The molecule has 0 spiro atoms. The fourth-order valence-corrected chi connectivity index (χ4v) is 4.31. The average Bonchev–Trinajstić information content (AvgIpc) is 2.81. The first-order valence-corrected chi connectivity index (χ1v) is 11.2. The maximum absolute atomic E-state index is 15.0. The van der Waals surface area contributed by atoms with Crippen LogP contribution in [0.3, 0.4) is 0 Å². The molecule has 2 aromatic carbocycles. The smallest absolute Gasteiger partial charge is 0.296 e. The Morgan fingerprint density at radius 2 is 2.00 bits per heavy atom. The van der Waals surface area contributed by atoms with Gasteiger partial charge in [0.1, 0.15) is 18.0 Å². The fourth-order valence-electron chi connectivity index (χ4n) is 4.31. The van der Waals surface area contributed by atoms with Crippen LogP contribution in [0, 0.1) is 24.0 Å². The normalized spacial score (nSPS) is 19.9. The Morgan fingerprint density at radius 1 is 1.19 bits per heavy atom. The van der Waals surface area contributed by atoms with Crippen molar-refractivity contribution in [2.45, 2.75) is 24.5 Å². The molecule has 1 N–H and O–H groups in total. The molecule has 0 bridgehead atoms. The number of halogens is 4. The number of nitrogens with zero attached hydrogens (tertiary/aromatic N) is 3. The van der Waals surface area contributed by atoms with Gasteiger partial charge in [-0.1, -0.05) is 5.92 Å². The number of methoxy groups -OCH3 is 1. The summed E-state index contributed by atoms with van der Waals surface area (Å²) >= 11 is 0. The van der Waals surface area contributed by atoms with E-state index in [-0.39, 0.29) is 35.5 Å². The number of hydrogen-bond acceptors (Lipinski definition) is 7. The molecule has 3 heterocycles. The molecule has 2 aliphatic rings. The van der Waals surface area contributed by atoms with Crippen LogP contribution in [0.1, 0.15) is 12.0 Å². The van der Waals surface area contributed by atoms with Crippen LogP contribution in [0.4, 0.5) is 29.1 Å². The highest BCUT2D eigenvalue weighted by Crippen LogP contribution is 2.39. The predicted molar refractivity (Wildman–Crippen MR) is 124 cm³/mol. The van der Waals surface area contributed by atoms with E-state index in [1.165, 1.54) is 31.6 Å². The third kappa shape index (κ3) is 4.38. The van der Waals surface area contributed by atoms with Crippen molar-refractivity contribution in [3.8, 4) is 23.8 Å². The number of likely N-dealkylation sites (tertiary alicyclic amines) is 1. The van der Waals surface area contributed by atoms with Crippen LogP contribution in [-0.4, -0.2) is 66.3 Å². The molecule has 1 unspecified atom stereocenters. The van der Waals surface area contributed by atoms with Gasteiger partial charge < -0.3 is 19.5 Å². The number of anilines is 2. The zero-order valence-electron chi connectivity index (χ0n) is 19.2. The molecule has 3 aromatic rings. The van der Waals surface area contributed by atoms with E-state index in [2.05, 4.69) is 15.3 Å². The van der Waals surface area contributed by atoms with Gasteiger partial charge in [0.2, 0.25) is 0 Å². The molecule has 11 heteroatoms. The van der Waals surface area contributed by atoms with E-state index in [0.717, 1.165) is 6.07 Å². The van der Waals surface area contributed by atoms with Gasteiger partial charge in [-0.2, -0.15) is 0 Å². The van der Waals surface area contributed by atoms with Crippen molar-refractivity contribution in [2.75, 3.05) is 38.7 Å². The number of alkyl halides is 2. The van der Waals surface area contributed by atoms with Gasteiger partial charge >= 0.3 is 0 Å². The van der Waals surface area contributed by atoms with E-state index in [0.29, 0.717) is 30.7 Å². The van der Waals surface area contributed by atoms with Crippen molar-refractivity contribution in [2.24, 2.45) is 0 Å². The minimum Gasteiger partial charge on any atom is -0.493 e. The van der Waals surface area contributed by atoms with Gasteiger partial charge in [-0.25, -0.2) is 27.5 Å². The van der Waals surface area contributed by atoms with Crippen LogP contribution in [0.5, 0.6) is 11.5 Å². The number of fused-ring (bicyclic) bond motifs is 1. The molecule has 7 nitrogen and oxygen atoms in total. The van der Waals surface area contributed by atoms with Gasteiger partial charge in [0.25, 0.3) is 5.92 Å². The van der Waals surface area contributed by atoms with E-state index in [1.807, 2.05) is 5.92 Å². The molecule has 188 valence electrons. The Hall–Kier alpha value is -3.62. The summed E-state index contributed by atoms with van der Waals surface area (Å²) in [4.78, 5) is 10.0. The lowest BCUT2D eigenvalue weighted by Crippen LogP contribution is -2.60. The second-order valence-electron chi connectivity index (χ2n) is 8.61. The Morgan fingerprint density at radius 3 is 2.67 bits per heavy atom. The fraction of sp³-hybridized carbons (Fsp3) is 0.360. The van der Waals surface area contributed by atoms with Gasteiger partial charge in [-0.05, 0) is 18.2 Å². The minimum atomic E-state index is -3.11. The Balaban J connectivity index is 1.46. The Bertz CT molecular complexity index is 1340. The van der Waals surface area contributed by atoms with E-state index < -0.39 is 35.8 Å². The maximum Gasteiger partial charge on any atom is 0.296 e. The van der Waals surface area contributed by atoms with E-state index >= 15 is 8.78 Å². The highest BCUT2D eigenvalue weighted by Gasteiger charge is 2.48. The minimum absolute atomic E-state index is 0.000319. The number of terminal acetylenes is 1. The number of piperidine rings is 1. The molecule has 0 aliphatic carbocycles. The average molecular weight is 502 g/mol. The zero-order valence-corrected chi connectivity index (χ0v) is 19.2. The molecule has 0 amide bonds. The quantitative estimate of drug-likeness (QED) is 0.402. The first-order valence-electron chi connectivity index (χ1n) is 11.2. The second kappa shape index (κ2) is 9.44. The molecule has 2 aliphatic heterocycles. The molecule has 0 radical (unpaired) electrons. The SMILES string of the molecule is C#Cc1c(F)ccc(Nc2ncnc3cc(OC)c(OC4CCN(C5COC5)CC4(F)F)cc23)c1F. The summed E-state index contributed by atoms with van der Waals surface area (Å²) in [6.45, 7) is 0.918. The van der Waals surface area contributed by atoms with Crippen LogP contribution in [-0.2, 0) is 4.74 Å². The molecule has 0 saturated carbocycles. The van der Waals surface area contributed by atoms with Crippen molar-refractivity contribution in [1.29, 1.82) is 0 Å². The lowest BCUT2D eigenvalue weighted by molar-refractivity contribution is -0.170. The van der Waals surface area contributed by atoms with Crippen LogP contribution in [0.15, 0.2) is 30.6 Å². The van der Waals surface area contributed by atoms with E-state index in [4.69, 9.17) is 20.6 Å². The van der Waals surface area contributed by atoms with Crippen LogP contribution in [0.25, 0.3) is 10.9 Å². The standard InChI is InChI=1S/C25H22F4N4O3/c1-3-15-17(26)4-5-18(23(15)27)32-24-16-8-21(20(34-2)9-19(16)30-13-31-24)36-22-6-7-33(12-25(22,28)29)14-10-35-11-14/h1,4-5,8-9,13-14,22H,6-7,10-12H2,2H3,(H,30,31,32). The Kier molecular flexibility index (Phi) is 6.32. The van der Waals surface area contributed by atoms with Gasteiger partial charge in [0.05, 0.1) is 49.7 Å². The maximum atomic E-state index is 15.0. The lowest BCUT2D eigenvalue weighted by atomic mass is 10.0. The molecular weight excluding hydrogens is 480 g/mol. The lowest BCUT2D eigenvalue weighted by Gasteiger charge is -2.44. The van der Waals surface area contributed by atoms with Crippen LogP contribution in [0.2, 0.25) is 0 Å². The van der Waals surface area contributed by atoms with Crippen molar-refractivity contribution < 1.29 is 31.8 Å². The summed E-state index contributed by atoms with van der Waals surface area (Å²) in [6, 6.07) is 5.19. The van der Waals surface area contributed by atoms with Gasteiger partial charge in [0.15, 0.2) is 23.4 Å². The summed E-state index contributed by atoms with van der Waals surface area (Å²) < 4.78 is 74.8. The summed E-state index contributed by atoms with van der Waals surface area (Å²) in [5, 5.41) is 3.13. The van der Waals surface area contributed by atoms with Crippen molar-refractivity contribution in [1.82, 2.24) is 14.9 Å².